The van der Waals surface area contributed by atoms with Gasteiger partial charge in [0.05, 0.1) is 6.54 Å². The number of phenols is 1. The van der Waals surface area contributed by atoms with Gasteiger partial charge < -0.3 is 10.4 Å². The summed E-state index contributed by atoms with van der Waals surface area (Å²) in [6.07, 6.45) is -4.33. The van der Waals surface area contributed by atoms with Crippen LogP contribution in [-0.4, -0.2) is 17.8 Å². The molecule has 0 saturated heterocycles. The van der Waals surface area contributed by atoms with Gasteiger partial charge in [-0.05, 0) is 13.0 Å². The minimum atomic E-state index is -4.33. The average molecular weight is 237 g/mol. The molecule has 1 aromatic carbocycles. The molecular weight excluding hydrogens is 226 g/mol. The predicted octanol–water partition coefficient (Wildman–Crippen LogP) is 2.74. The Hall–Kier alpha value is -1.30. The van der Waals surface area contributed by atoms with Crippen LogP contribution in [0, 0.1) is 5.82 Å². The standard InChI is InChI=1S/C10H11F4NO/c1-6(15-5-10(12,13)14)8-3-2-7(16)4-9(8)11/h2-4,6,15-16H,5H2,1H3. The Morgan fingerprint density at radius 3 is 2.50 bits per heavy atom. The number of benzene rings is 1. The summed E-state index contributed by atoms with van der Waals surface area (Å²) in [5.74, 6) is -0.994. The molecule has 0 radical (unpaired) electrons. The molecule has 0 heterocycles. The van der Waals surface area contributed by atoms with Gasteiger partial charge in [-0.2, -0.15) is 13.2 Å². The van der Waals surface area contributed by atoms with E-state index in [0.29, 0.717) is 0 Å². The predicted molar refractivity (Wildman–Crippen MR) is 50.5 cm³/mol. The first-order valence-corrected chi connectivity index (χ1v) is 4.58. The minimum absolute atomic E-state index is 0.0852. The van der Waals surface area contributed by atoms with Gasteiger partial charge in [-0.1, -0.05) is 6.07 Å². The molecule has 0 aliphatic rings. The van der Waals surface area contributed by atoms with Gasteiger partial charge in [-0.3, -0.25) is 0 Å². The fourth-order valence-electron chi connectivity index (χ4n) is 1.25. The van der Waals surface area contributed by atoms with Crippen molar-refractivity contribution in [3.8, 4) is 5.75 Å². The van der Waals surface area contributed by atoms with Crippen molar-refractivity contribution in [1.82, 2.24) is 5.32 Å². The van der Waals surface area contributed by atoms with Gasteiger partial charge in [0, 0.05) is 17.7 Å². The molecule has 16 heavy (non-hydrogen) atoms. The zero-order chi connectivity index (χ0) is 12.3. The highest BCUT2D eigenvalue weighted by Gasteiger charge is 2.27. The molecule has 1 aromatic rings. The van der Waals surface area contributed by atoms with Gasteiger partial charge in [0.1, 0.15) is 11.6 Å². The maximum atomic E-state index is 13.2. The van der Waals surface area contributed by atoms with Crippen LogP contribution in [0.25, 0.3) is 0 Å². The molecule has 0 bridgehead atoms. The molecule has 0 fully saturated rings. The minimum Gasteiger partial charge on any atom is -0.508 e. The highest BCUT2D eigenvalue weighted by molar-refractivity contribution is 5.29. The van der Waals surface area contributed by atoms with Crippen molar-refractivity contribution in [2.75, 3.05) is 6.54 Å². The number of nitrogens with one attached hydrogen (secondary N) is 1. The van der Waals surface area contributed by atoms with Crippen LogP contribution < -0.4 is 5.32 Å². The van der Waals surface area contributed by atoms with Gasteiger partial charge in [-0.15, -0.1) is 0 Å². The van der Waals surface area contributed by atoms with Crippen LogP contribution in [0.15, 0.2) is 18.2 Å². The number of aromatic hydroxyl groups is 1. The lowest BCUT2D eigenvalue weighted by atomic mass is 10.1. The molecule has 0 aromatic heterocycles. The Morgan fingerprint density at radius 2 is 2.00 bits per heavy atom. The van der Waals surface area contributed by atoms with Crippen molar-refractivity contribution < 1.29 is 22.7 Å². The Kier molecular flexibility index (Phi) is 3.74. The topological polar surface area (TPSA) is 32.3 Å². The first kappa shape index (κ1) is 12.8. The fraction of sp³-hybridized carbons (Fsp3) is 0.400. The molecule has 0 saturated carbocycles. The van der Waals surface area contributed by atoms with Crippen LogP contribution in [-0.2, 0) is 0 Å². The van der Waals surface area contributed by atoms with Crippen molar-refractivity contribution >= 4 is 0 Å². The summed E-state index contributed by atoms with van der Waals surface area (Å²) in [5.41, 5.74) is 0.0852. The second kappa shape index (κ2) is 4.69. The van der Waals surface area contributed by atoms with Crippen molar-refractivity contribution in [1.29, 1.82) is 0 Å². The number of phenolic OH excluding ortho intramolecular Hbond substituents is 1. The summed E-state index contributed by atoms with van der Waals surface area (Å²) < 4.78 is 48.9. The van der Waals surface area contributed by atoms with Crippen molar-refractivity contribution in [3.05, 3.63) is 29.6 Å². The first-order valence-electron chi connectivity index (χ1n) is 4.58. The quantitative estimate of drug-likeness (QED) is 0.792. The third-order valence-corrected chi connectivity index (χ3v) is 2.06. The Balaban J connectivity index is 2.70. The smallest absolute Gasteiger partial charge is 0.401 e. The number of hydrogen-bond donors (Lipinski definition) is 2. The van der Waals surface area contributed by atoms with Crippen LogP contribution in [0.4, 0.5) is 17.6 Å². The second-order valence-electron chi connectivity index (χ2n) is 3.42. The third-order valence-electron chi connectivity index (χ3n) is 2.06. The molecule has 0 spiro atoms. The summed E-state index contributed by atoms with van der Waals surface area (Å²) >= 11 is 0. The normalized spacial score (nSPS) is 13.8. The zero-order valence-corrected chi connectivity index (χ0v) is 8.48. The lowest BCUT2D eigenvalue weighted by molar-refractivity contribution is -0.126. The van der Waals surface area contributed by atoms with Crippen molar-refractivity contribution in [3.63, 3.8) is 0 Å². The largest absolute Gasteiger partial charge is 0.508 e. The van der Waals surface area contributed by atoms with E-state index in [0.717, 1.165) is 6.07 Å². The van der Waals surface area contributed by atoms with E-state index in [1.165, 1.54) is 19.1 Å². The highest BCUT2D eigenvalue weighted by atomic mass is 19.4. The third kappa shape index (κ3) is 3.69. The van der Waals surface area contributed by atoms with Crippen LogP contribution in [0.2, 0.25) is 0 Å². The number of rotatable bonds is 3. The number of hydrogen-bond acceptors (Lipinski definition) is 2. The van der Waals surface area contributed by atoms with E-state index >= 15 is 0 Å². The molecule has 2 nitrogen and oxygen atoms in total. The molecule has 90 valence electrons. The van der Waals surface area contributed by atoms with Crippen LogP contribution in [0.3, 0.4) is 0 Å². The van der Waals surface area contributed by atoms with Gasteiger partial charge in [0.2, 0.25) is 0 Å². The Labute approximate surface area is 89.9 Å². The van der Waals surface area contributed by atoms with E-state index in [1.807, 2.05) is 0 Å². The summed E-state index contributed by atoms with van der Waals surface area (Å²) in [5, 5.41) is 11.1. The molecule has 0 amide bonds. The van der Waals surface area contributed by atoms with Gasteiger partial charge in [0.15, 0.2) is 0 Å². The summed E-state index contributed by atoms with van der Waals surface area (Å²) in [4.78, 5) is 0. The first-order chi connectivity index (χ1) is 7.29. The Bertz CT molecular complexity index is 364. The number of alkyl halides is 3. The molecule has 2 N–H and O–H groups in total. The van der Waals surface area contributed by atoms with E-state index < -0.39 is 24.6 Å². The lowest BCUT2D eigenvalue weighted by Gasteiger charge is -2.16. The number of halogens is 4. The summed E-state index contributed by atoms with van der Waals surface area (Å²) in [6, 6.07) is 2.56. The molecule has 1 unspecified atom stereocenters. The van der Waals surface area contributed by atoms with Crippen LogP contribution in [0.1, 0.15) is 18.5 Å². The monoisotopic (exact) mass is 237 g/mol. The van der Waals surface area contributed by atoms with Gasteiger partial charge >= 0.3 is 6.18 Å². The second-order valence-corrected chi connectivity index (χ2v) is 3.42. The highest BCUT2D eigenvalue weighted by Crippen LogP contribution is 2.22. The van der Waals surface area contributed by atoms with E-state index in [2.05, 4.69) is 5.32 Å². The van der Waals surface area contributed by atoms with Crippen molar-refractivity contribution in [2.24, 2.45) is 0 Å². The molecule has 1 rings (SSSR count). The van der Waals surface area contributed by atoms with Crippen LogP contribution in [0.5, 0.6) is 5.75 Å². The SMILES string of the molecule is CC(NCC(F)(F)F)c1ccc(O)cc1F. The molecule has 0 aliphatic carbocycles. The lowest BCUT2D eigenvalue weighted by Crippen LogP contribution is -2.31. The Morgan fingerprint density at radius 1 is 1.38 bits per heavy atom. The van der Waals surface area contributed by atoms with E-state index in [1.54, 1.807) is 0 Å². The van der Waals surface area contributed by atoms with E-state index in [-0.39, 0.29) is 11.3 Å². The molecule has 6 heteroatoms. The maximum absolute atomic E-state index is 13.2. The summed E-state index contributed by atoms with van der Waals surface area (Å²) in [7, 11) is 0. The molecular formula is C10H11F4NO. The van der Waals surface area contributed by atoms with Crippen molar-refractivity contribution in [2.45, 2.75) is 19.1 Å². The van der Waals surface area contributed by atoms with Gasteiger partial charge in [-0.25, -0.2) is 4.39 Å². The van der Waals surface area contributed by atoms with Crippen LogP contribution >= 0.6 is 0 Å². The van der Waals surface area contributed by atoms with E-state index in [4.69, 9.17) is 5.11 Å². The average Bonchev–Trinajstić information content (AvgIpc) is 2.13. The van der Waals surface area contributed by atoms with E-state index in [9.17, 15) is 17.6 Å². The molecule has 0 aliphatic heterocycles. The molecule has 1 atom stereocenters. The van der Waals surface area contributed by atoms with Gasteiger partial charge in [0.25, 0.3) is 0 Å². The fourth-order valence-corrected chi connectivity index (χ4v) is 1.25. The maximum Gasteiger partial charge on any atom is 0.401 e. The summed E-state index contributed by atoms with van der Waals surface area (Å²) in [6.45, 7) is 0.232. The zero-order valence-electron chi connectivity index (χ0n) is 8.48.